The average molecular weight is 292 g/mol. The van der Waals surface area contributed by atoms with E-state index in [1.807, 2.05) is 4.68 Å². The first-order valence-corrected chi connectivity index (χ1v) is 8.13. The highest BCUT2D eigenvalue weighted by Gasteiger charge is 2.28. The molecule has 1 aliphatic carbocycles. The van der Waals surface area contributed by atoms with E-state index in [2.05, 4.69) is 15.6 Å². The van der Waals surface area contributed by atoms with Gasteiger partial charge in [0.15, 0.2) is 5.69 Å². The Morgan fingerprint density at radius 3 is 2.57 bits per heavy atom. The van der Waals surface area contributed by atoms with Gasteiger partial charge in [0, 0.05) is 12.5 Å². The van der Waals surface area contributed by atoms with Crippen molar-refractivity contribution < 1.29 is 9.90 Å². The molecule has 0 spiro atoms. The molecule has 1 aromatic rings. The molecule has 0 aromatic carbocycles. The molecule has 1 saturated heterocycles. The summed E-state index contributed by atoms with van der Waals surface area (Å²) in [6.07, 6.45) is 8.30. The van der Waals surface area contributed by atoms with Crippen molar-refractivity contribution in [1.82, 2.24) is 20.3 Å². The number of rotatable bonds is 4. The van der Waals surface area contributed by atoms with Crippen LogP contribution in [0, 0.1) is 5.92 Å². The summed E-state index contributed by atoms with van der Waals surface area (Å²) in [4.78, 5) is 11.4. The number of carbonyl (C=O) groups is 1. The van der Waals surface area contributed by atoms with Crippen LogP contribution < -0.4 is 5.32 Å². The van der Waals surface area contributed by atoms with Crippen LogP contribution in [-0.4, -0.2) is 39.2 Å². The second-order valence-electron chi connectivity index (χ2n) is 6.34. The molecule has 1 aliphatic heterocycles. The Labute approximate surface area is 124 Å². The first-order chi connectivity index (χ1) is 10.3. The van der Waals surface area contributed by atoms with Crippen LogP contribution in [-0.2, 0) is 6.54 Å². The van der Waals surface area contributed by atoms with E-state index < -0.39 is 5.97 Å². The second-order valence-corrected chi connectivity index (χ2v) is 6.34. The molecular weight excluding hydrogens is 268 g/mol. The summed E-state index contributed by atoms with van der Waals surface area (Å²) in [5, 5.41) is 20.8. The molecule has 1 saturated carbocycles. The van der Waals surface area contributed by atoms with Crippen LogP contribution in [0.5, 0.6) is 0 Å². The third-order valence-corrected chi connectivity index (χ3v) is 4.86. The lowest BCUT2D eigenvalue weighted by Crippen LogP contribution is -2.29. The first kappa shape index (κ1) is 14.5. The van der Waals surface area contributed by atoms with Gasteiger partial charge in [-0.15, -0.1) is 5.10 Å². The third-order valence-electron chi connectivity index (χ3n) is 4.86. The minimum absolute atomic E-state index is 0.165. The van der Waals surface area contributed by atoms with Crippen molar-refractivity contribution in [3.63, 3.8) is 0 Å². The Morgan fingerprint density at radius 1 is 1.19 bits per heavy atom. The molecule has 6 nitrogen and oxygen atoms in total. The molecule has 3 rings (SSSR count). The molecule has 0 amide bonds. The monoisotopic (exact) mass is 292 g/mol. The maximum absolute atomic E-state index is 11.4. The summed E-state index contributed by atoms with van der Waals surface area (Å²) in [5.41, 5.74) is 1.02. The highest BCUT2D eigenvalue weighted by Crippen LogP contribution is 2.30. The lowest BCUT2D eigenvalue weighted by molar-refractivity contribution is 0.0688. The van der Waals surface area contributed by atoms with Crippen LogP contribution in [0.25, 0.3) is 0 Å². The predicted octanol–water partition coefficient (Wildman–Crippen LogP) is 2.02. The number of carboxylic acid groups (broad SMARTS) is 1. The van der Waals surface area contributed by atoms with Gasteiger partial charge in [-0.25, -0.2) is 9.48 Å². The van der Waals surface area contributed by atoms with E-state index in [0.717, 1.165) is 38.2 Å². The van der Waals surface area contributed by atoms with Crippen molar-refractivity contribution in [1.29, 1.82) is 0 Å². The molecule has 0 atom stereocenters. The molecule has 0 radical (unpaired) electrons. The predicted molar refractivity (Wildman–Crippen MR) is 78.4 cm³/mol. The van der Waals surface area contributed by atoms with Gasteiger partial charge in [0.2, 0.25) is 0 Å². The van der Waals surface area contributed by atoms with Crippen LogP contribution >= 0.6 is 0 Å². The largest absolute Gasteiger partial charge is 0.476 e. The van der Waals surface area contributed by atoms with Gasteiger partial charge in [0.05, 0.1) is 5.69 Å². The molecule has 2 aliphatic rings. The topological polar surface area (TPSA) is 80.0 Å². The van der Waals surface area contributed by atoms with Gasteiger partial charge in [-0.1, -0.05) is 24.5 Å². The number of hydrogen-bond donors (Lipinski definition) is 2. The summed E-state index contributed by atoms with van der Waals surface area (Å²) in [5.74, 6) is -0.0445. The number of aromatic carboxylic acids is 1. The first-order valence-electron chi connectivity index (χ1n) is 8.13. The summed E-state index contributed by atoms with van der Waals surface area (Å²) in [6.45, 7) is 2.72. The number of aromatic nitrogens is 3. The normalized spacial score (nSPS) is 21.5. The lowest BCUT2D eigenvalue weighted by Gasteiger charge is -2.26. The molecule has 2 fully saturated rings. The number of hydrogen-bond acceptors (Lipinski definition) is 4. The Kier molecular flexibility index (Phi) is 4.53. The van der Waals surface area contributed by atoms with E-state index in [1.165, 1.54) is 32.1 Å². The van der Waals surface area contributed by atoms with E-state index in [-0.39, 0.29) is 11.6 Å². The Bertz CT molecular complexity index is 488. The maximum atomic E-state index is 11.4. The molecule has 21 heavy (non-hydrogen) atoms. The minimum atomic E-state index is -0.946. The van der Waals surface area contributed by atoms with Gasteiger partial charge < -0.3 is 10.4 Å². The Hall–Kier alpha value is -1.43. The summed E-state index contributed by atoms with van der Waals surface area (Å²) in [7, 11) is 0. The van der Waals surface area contributed by atoms with Crippen LogP contribution in [0.1, 0.15) is 67.0 Å². The molecule has 0 unspecified atom stereocenters. The van der Waals surface area contributed by atoms with Crippen molar-refractivity contribution >= 4 is 5.97 Å². The van der Waals surface area contributed by atoms with Crippen molar-refractivity contribution in [2.24, 2.45) is 5.92 Å². The van der Waals surface area contributed by atoms with Gasteiger partial charge in [0.25, 0.3) is 0 Å². The van der Waals surface area contributed by atoms with Gasteiger partial charge >= 0.3 is 5.97 Å². The Morgan fingerprint density at radius 2 is 1.90 bits per heavy atom. The van der Waals surface area contributed by atoms with E-state index >= 15 is 0 Å². The fraction of sp³-hybridized carbons (Fsp3) is 0.800. The van der Waals surface area contributed by atoms with Crippen LogP contribution in [0.3, 0.4) is 0 Å². The van der Waals surface area contributed by atoms with Gasteiger partial charge in [-0.05, 0) is 44.7 Å². The number of piperidine rings is 1. The number of nitrogens with one attached hydrogen (secondary N) is 1. The van der Waals surface area contributed by atoms with E-state index in [9.17, 15) is 9.90 Å². The average Bonchev–Trinajstić information content (AvgIpc) is 2.93. The Balaban J connectivity index is 1.82. The molecule has 0 bridgehead atoms. The molecule has 2 N–H and O–H groups in total. The highest BCUT2D eigenvalue weighted by atomic mass is 16.4. The van der Waals surface area contributed by atoms with E-state index in [1.54, 1.807) is 0 Å². The van der Waals surface area contributed by atoms with Crippen molar-refractivity contribution in [3.8, 4) is 0 Å². The lowest BCUT2D eigenvalue weighted by atomic mass is 9.88. The maximum Gasteiger partial charge on any atom is 0.358 e. The van der Waals surface area contributed by atoms with Crippen molar-refractivity contribution in [2.75, 3.05) is 13.1 Å². The SMILES string of the molecule is O=C(O)c1nnn(CC2CCCCC2)c1C1CCNCC1. The summed E-state index contributed by atoms with van der Waals surface area (Å²) < 4.78 is 1.90. The zero-order valence-electron chi connectivity index (χ0n) is 12.4. The number of nitrogens with zero attached hydrogens (tertiary/aromatic N) is 3. The summed E-state index contributed by atoms with van der Waals surface area (Å²) in [6, 6.07) is 0. The molecule has 6 heteroatoms. The standard InChI is InChI=1S/C15H24N4O2/c20-15(21)13-14(12-6-8-16-9-7-12)19(18-17-13)10-11-4-2-1-3-5-11/h11-12,16H,1-10H2,(H,20,21). The fourth-order valence-electron chi connectivity index (χ4n) is 3.72. The van der Waals surface area contributed by atoms with Gasteiger partial charge in [-0.3, -0.25) is 0 Å². The highest BCUT2D eigenvalue weighted by molar-refractivity contribution is 5.86. The smallest absolute Gasteiger partial charge is 0.358 e. The van der Waals surface area contributed by atoms with Crippen molar-refractivity contribution in [3.05, 3.63) is 11.4 Å². The number of carboxylic acids is 1. The second kappa shape index (κ2) is 6.56. The molecule has 116 valence electrons. The van der Waals surface area contributed by atoms with E-state index in [4.69, 9.17) is 0 Å². The van der Waals surface area contributed by atoms with E-state index in [0.29, 0.717) is 5.92 Å². The molecule has 1 aromatic heterocycles. The van der Waals surface area contributed by atoms with Crippen molar-refractivity contribution in [2.45, 2.75) is 57.4 Å². The molecule has 2 heterocycles. The van der Waals surface area contributed by atoms with Crippen LogP contribution in [0.2, 0.25) is 0 Å². The zero-order valence-corrected chi connectivity index (χ0v) is 12.4. The molecular formula is C15H24N4O2. The quantitative estimate of drug-likeness (QED) is 0.887. The van der Waals surface area contributed by atoms with Gasteiger partial charge in [0.1, 0.15) is 0 Å². The van der Waals surface area contributed by atoms with Gasteiger partial charge in [-0.2, -0.15) is 0 Å². The van der Waals surface area contributed by atoms with Crippen LogP contribution in [0.15, 0.2) is 0 Å². The zero-order chi connectivity index (χ0) is 14.7. The minimum Gasteiger partial charge on any atom is -0.476 e. The summed E-state index contributed by atoms with van der Waals surface area (Å²) >= 11 is 0. The fourth-order valence-corrected chi connectivity index (χ4v) is 3.72. The third kappa shape index (κ3) is 3.26. The van der Waals surface area contributed by atoms with Crippen LogP contribution in [0.4, 0.5) is 0 Å².